The van der Waals surface area contributed by atoms with Crippen molar-refractivity contribution < 1.29 is 4.79 Å². The van der Waals surface area contributed by atoms with Crippen LogP contribution in [0.15, 0.2) is 30.6 Å². The number of aryl methyl sites for hydroxylation is 1. The van der Waals surface area contributed by atoms with Crippen molar-refractivity contribution in [2.24, 2.45) is 0 Å². The van der Waals surface area contributed by atoms with E-state index in [0.717, 1.165) is 50.5 Å². The number of benzene rings is 1. The average molecular weight is 356 g/mol. The van der Waals surface area contributed by atoms with Gasteiger partial charge >= 0.3 is 0 Å². The number of aromatic nitrogens is 3. The molecule has 2 N–H and O–H groups in total. The van der Waals surface area contributed by atoms with Crippen molar-refractivity contribution in [2.45, 2.75) is 32.7 Å². The molecule has 0 spiro atoms. The number of hydrogen-bond donors (Lipinski definition) is 2. The lowest BCUT2D eigenvalue weighted by atomic mass is 10.0. The third kappa shape index (κ3) is 4.82. The molecule has 2 aromatic rings. The second-order valence-corrected chi connectivity index (χ2v) is 6.85. The summed E-state index contributed by atoms with van der Waals surface area (Å²) < 4.78 is 0. The Hall–Kier alpha value is -2.41. The Morgan fingerprint density at radius 3 is 2.58 bits per heavy atom. The van der Waals surface area contributed by atoms with Crippen LogP contribution in [0.1, 0.15) is 37.4 Å². The van der Waals surface area contributed by atoms with Crippen molar-refractivity contribution in [3.8, 4) is 0 Å². The summed E-state index contributed by atoms with van der Waals surface area (Å²) in [4.78, 5) is 20.9. The highest BCUT2D eigenvalue weighted by molar-refractivity contribution is 5.78. The van der Waals surface area contributed by atoms with Gasteiger partial charge in [-0.3, -0.25) is 9.69 Å². The second kappa shape index (κ2) is 8.80. The van der Waals surface area contributed by atoms with E-state index >= 15 is 0 Å². The van der Waals surface area contributed by atoms with Crippen LogP contribution in [0.2, 0.25) is 0 Å². The molecule has 7 heteroatoms. The SMILES string of the molecule is CCCc1ccc([C@@H](C)NC(=O)CN2CCN(c3ncn[nH]3)CC2)cc1. The Morgan fingerprint density at radius 2 is 1.96 bits per heavy atom. The van der Waals surface area contributed by atoms with E-state index in [4.69, 9.17) is 0 Å². The van der Waals surface area contributed by atoms with Crippen molar-refractivity contribution in [3.05, 3.63) is 41.7 Å². The zero-order valence-electron chi connectivity index (χ0n) is 15.6. The Morgan fingerprint density at radius 1 is 1.23 bits per heavy atom. The molecule has 0 saturated carbocycles. The first-order chi connectivity index (χ1) is 12.7. The van der Waals surface area contributed by atoms with Gasteiger partial charge in [-0.25, -0.2) is 5.10 Å². The summed E-state index contributed by atoms with van der Waals surface area (Å²) >= 11 is 0. The molecule has 140 valence electrons. The summed E-state index contributed by atoms with van der Waals surface area (Å²) in [6, 6.07) is 8.57. The molecule has 0 bridgehead atoms. The number of aromatic amines is 1. The lowest BCUT2D eigenvalue weighted by Gasteiger charge is -2.34. The molecule has 1 aromatic carbocycles. The summed E-state index contributed by atoms with van der Waals surface area (Å²) in [5.74, 6) is 0.873. The van der Waals surface area contributed by atoms with Crippen LogP contribution in [0, 0.1) is 0 Å². The average Bonchev–Trinajstić information content (AvgIpc) is 3.18. The summed E-state index contributed by atoms with van der Waals surface area (Å²) in [7, 11) is 0. The van der Waals surface area contributed by atoms with Crippen LogP contribution in [-0.2, 0) is 11.2 Å². The number of rotatable bonds is 7. The highest BCUT2D eigenvalue weighted by Crippen LogP contribution is 2.15. The number of H-pyrrole nitrogens is 1. The predicted octanol–water partition coefficient (Wildman–Crippen LogP) is 1.76. The molecule has 3 rings (SSSR count). The molecule has 1 amide bonds. The monoisotopic (exact) mass is 356 g/mol. The summed E-state index contributed by atoms with van der Waals surface area (Å²) in [5, 5.41) is 9.88. The van der Waals surface area contributed by atoms with Crippen LogP contribution >= 0.6 is 0 Å². The van der Waals surface area contributed by atoms with Crippen molar-refractivity contribution in [3.63, 3.8) is 0 Å². The second-order valence-electron chi connectivity index (χ2n) is 6.85. The zero-order valence-corrected chi connectivity index (χ0v) is 15.6. The zero-order chi connectivity index (χ0) is 18.4. The molecule has 1 aliphatic rings. The number of carbonyl (C=O) groups excluding carboxylic acids is 1. The topological polar surface area (TPSA) is 77.2 Å². The number of hydrogen-bond acceptors (Lipinski definition) is 5. The number of nitrogens with zero attached hydrogens (tertiary/aromatic N) is 4. The molecule has 0 unspecified atom stereocenters. The van der Waals surface area contributed by atoms with Crippen LogP contribution in [0.3, 0.4) is 0 Å². The molecule has 1 atom stereocenters. The van der Waals surface area contributed by atoms with Crippen LogP contribution in [0.5, 0.6) is 0 Å². The molecule has 1 fully saturated rings. The van der Waals surface area contributed by atoms with Crippen LogP contribution in [0.25, 0.3) is 0 Å². The minimum Gasteiger partial charge on any atom is -0.348 e. The van der Waals surface area contributed by atoms with Gasteiger partial charge in [-0.2, -0.15) is 10.1 Å². The number of nitrogens with one attached hydrogen (secondary N) is 2. The Balaban J connectivity index is 1.43. The van der Waals surface area contributed by atoms with Gasteiger partial charge in [0.1, 0.15) is 6.33 Å². The predicted molar refractivity (Wildman–Crippen MR) is 102 cm³/mol. The maximum absolute atomic E-state index is 12.4. The van der Waals surface area contributed by atoms with E-state index in [2.05, 4.69) is 61.5 Å². The van der Waals surface area contributed by atoms with Crippen molar-refractivity contribution in [1.29, 1.82) is 0 Å². The molecule has 26 heavy (non-hydrogen) atoms. The van der Waals surface area contributed by atoms with E-state index in [0.29, 0.717) is 6.54 Å². The van der Waals surface area contributed by atoms with Gasteiger partial charge in [0.2, 0.25) is 11.9 Å². The minimum atomic E-state index is 0.0219. The van der Waals surface area contributed by atoms with E-state index < -0.39 is 0 Å². The van der Waals surface area contributed by atoms with Crippen molar-refractivity contribution in [2.75, 3.05) is 37.6 Å². The molecule has 7 nitrogen and oxygen atoms in total. The van der Waals surface area contributed by atoms with Gasteiger partial charge in [0.15, 0.2) is 0 Å². The fraction of sp³-hybridized carbons (Fsp3) is 0.526. The van der Waals surface area contributed by atoms with Gasteiger partial charge in [-0.05, 0) is 24.5 Å². The molecule has 1 aliphatic heterocycles. The summed E-state index contributed by atoms with van der Waals surface area (Å²) in [5.41, 5.74) is 2.49. The van der Waals surface area contributed by atoms with Crippen LogP contribution in [0.4, 0.5) is 5.95 Å². The first-order valence-corrected chi connectivity index (χ1v) is 9.36. The minimum absolute atomic E-state index is 0.0219. The van der Waals surface area contributed by atoms with E-state index in [9.17, 15) is 4.79 Å². The number of anilines is 1. The third-order valence-corrected chi connectivity index (χ3v) is 4.84. The molecule has 2 heterocycles. The standard InChI is InChI=1S/C19H28N6O/c1-3-4-16-5-7-17(8-6-16)15(2)22-18(26)13-24-9-11-25(12-10-24)19-20-14-21-23-19/h5-8,14-15H,3-4,9-13H2,1-2H3,(H,22,26)(H,20,21,23)/t15-/m1/s1. The number of amides is 1. The first-order valence-electron chi connectivity index (χ1n) is 9.36. The Kier molecular flexibility index (Phi) is 6.22. The highest BCUT2D eigenvalue weighted by atomic mass is 16.2. The van der Waals surface area contributed by atoms with Gasteiger partial charge < -0.3 is 10.2 Å². The third-order valence-electron chi connectivity index (χ3n) is 4.84. The maximum Gasteiger partial charge on any atom is 0.234 e. The van der Waals surface area contributed by atoms with Crippen LogP contribution in [-0.4, -0.2) is 58.7 Å². The molecule has 1 saturated heterocycles. The summed E-state index contributed by atoms with van der Waals surface area (Å²) in [6.45, 7) is 8.02. The fourth-order valence-corrected chi connectivity index (χ4v) is 3.30. The van der Waals surface area contributed by atoms with Crippen molar-refractivity contribution in [1.82, 2.24) is 25.4 Å². The Bertz CT molecular complexity index is 677. The van der Waals surface area contributed by atoms with E-state index in [-0.39, 0.29) is 11.9 Å². The van der Waals surface area contributed by atoms with E-state index in [1.54, 1.807) is 0 Å². The van der Waals surface area contributed by atoms with Crippen LogP contribution < -0.4 is 10.2 Å². The molecule has 0 radical (unpaired) electrons. The molecular formula is C19H28N6O. The van der Waals surface area contributed by atoms with Gasteiger partial charge in [-0.15, -0.1) is 0 Å². The van der Waals surface area contributed by atoms with Gasteiger partial charge in [0.25, 0.3) is 0 Å². The normalized spacial score (nSPS) is 16.5. The largest absolute Gasteiger partial charge is 0.348 e. The maximum atomic E-state index is 12.4. The number of piperazine rings is 1. The van der Waals surface area contributed by atoms with E-state index in [1.807, 2.05) is 6.92 Å². The van der Waals surface area contributed by atoms with Gasteiger partial charge in [0.05, 0.1) is 12.6 Å². The smallest absolute Gasteiger partial charge is 0.234 e. The quantitative estimate of drug-likeness (QED) is 0.790. The lowest BCUT2D eigenvalue weighted by Crippen LogP contribution is -2.50. The van der Waals surface area contributed by atoms with E-state index in [1.165, 1.54) is 11.9 Å². The number of carbonyl (C=O) groups is 1. The van der Waals surface area contributed by atoms with Gasteiger partial charge in [0, 0.05) is 26.2 Å². The molecule has 1 aromatic heterocycles. The fourth-order valence-electron chi connectivity index (χ4n) is 3.30. The summed E-state index contributed by atoms with van der Waals surface area (Å²) in [6.07, 6.45) is 3.77. The highest BCUT2D eigenvalue weighted by Gasteiger charge is 2.21. The van der Waals surface area contributed by atoms with Gasteiger partial charge in [-0.1, -0.05) is 37.6 Å². The molecular weight excluding hydrogens is 328 g/mol. The lowest BCUT2D eigenvalue weighted by molar-refractivity contribution is -0.123. The Labute approximate surface area is 154 Å². The molecule has 0 aliphatic carbocycles. The first kappa shape index (κ1) is 18.4. The van der Waals surface area contributed by atoms with Crippen molar-refractivity contribution >= 4 is 11.9 Å².